The van der Waals surface area contributed by atoms with Gasteiger partial charge in [0, 0.05) is 12.6 Å². The molecular formula is C14H16N2O2. The molecule has 2 aromatic rings. The zero-order chi connectivity index (χ0) is 13.0. The van der Waals surface area contributed by atoms with Gasteiger partial charge in [-0.3, -0.25) is 0 Å². The molecule has 1 heterocycles. The van der Waals surface area contributed by atoms with Gasteiger partial charge < -0.3 is 14.8 Å². The van der Waals surface area contributed by atoms with Gasteiger partial charge in [0.25, 0.3) is 0 Å². The number of anilines is 1. The van der Waals surface area contributed by atoms with Crippen LogP contribution in [0.15, 0.2) is 36.4 Å². The minimum Gasteiger partial charge on any atom is -0.493 e. The van der Waals surface area contributed by atoms with E-state index in [0.717, 1.165) is 17.1 Å². The van der Waals surface area contributed by atoms with E-state index in [2.05, 4.69) is 10.3 Å². The van der Waals surface area contributed by atoms with Crippen molar-refractivity contribution in [2.45, 2.75) is 0 Å². The van der Waals surface area contributed by atoms with Crippen LogP contribution in [-0.2, 0) is 0 Å². The van der Waals surface area contributed by atoms with Crippen LogP contribution in [0.3, 0.4) is 0 Å². The van der Waals surface area contributed by atoms with E-state index < -0.39 is 0 Å². The normalized spacial score (nSPS) is 9.94. The van der Waals surface area contributed by atoms with E-state index in [1.807, 2.05) is 43.4 Å². The monoisotopic (exact) mass is 244 g/mol. The Morgan fingerprint density at radius 1 is 1.00 bits per heavy atom. The molecule has 18 heavy (non-hydrogen) atoms. The topological polar surface area (TPSA) is 43.4 Å². The van der Waals surface area contributed by atoms with Crippen LogP contribution in [0.5, 0.6) is 11.5 Å². The standard InChI is InChI=1S/C14H16N2O2/c1-15-13-9-5-7-11(16-13)10-6-4-8-12(17-2)14(10)18-3/h4-9H,1-3H3,(H,15,16). The van der Waals surface area contributed by atoms with Crippen LogP contribution in [0.1, 0.15) is 0 Å². The third-order valence-corrected chi connectivity index (χ3v) is 2.68. The lowest BCUT2D eigenvalue weighted by Gasteiger charge is -2.12. The molecule has 0 saturated heterocycles. The highest BCUT2D eigenvalue weighted by Crippen LogP contribution is 2.37. The van der Waals surface area contributed by atoms with Crippen molar-refractivity contribution in [1.82, 2.24) is 4.98 Å². The zero-order valence-corrected chi connectivity index (χ0v) is 10.7. The van der Waals surface area contributed by atoms with Crippen molar-refractivity contribution < 1.29 is 9.47 Å². The molecule has 0 aliphatic heterocycles. The first kappa shape index (κ1) is 12.2. The Balaban J connectivity index is 2.55. The Morgan fingerprint density at radius 3 is 2.44 bits per heavy atom. The first-order valence-corrected chi connectivity index (χ1v) is 5.66. The summed E-state index contributed by atoms with van der Waals surface area (Å²) in [6, 6.07) is 11.6. The largest absolute Gasteiger partial charge is 0.493 e. The van der Waals surface area contributed by atoms with Crippen LogP contribution >= 0.6 is 0 Å². The molecule has 1 aromatic heterocycles. The van der Waals surface area contributed by atoms with Crippen molar-refractivity contribution in [2.24, 2.45) is 0 Å². The third-order valence-electron chi connectivity index (χ3n) is 2.68. The molecule has 0 amide bonds. The van der Waals surface area contributed by atoms with Crippen LogP contribution in [0.4, 0.5) is 5.82 Å². The molecule has 0 atom stereocenters. The molecular weight excluding hydrogens is 228 g/mol. The molecule has 0 bridgehead atoms. The SMILES string of the molecule is CNc1cccc(-c2cccc(OC)c2OC)n1. The van der Waals surface area contributed by atoms with Crippen molar-refractivity contribution in [3.63, 3.8) is 0 Å². The molecule has 2 rings (SSSR count). The molecule has 4 nitrogen and oxygen atoms in total. The predicted molar refractivity (Wildman–Crippen MR) is 72.3 cm³/mol. The van der Waals surface area contributed by atoms with Crippen LogP contribution in [0, 0.1) is 0 Å². The lowest BCUT2D eigenvalue weighted by molar-refractivity contribution is 0.356. The van der Waals surface area contributed by atoms with E-state index in [1.165, 1.54) is 0 Å². The van der Waals surface area contributed by atoms with Gasteiger partial charge in [-0.05, 0) is 24.3 Å². The summed E-state index contributed by atoms with van der Waals surface area (Å²) >= 11 is 0. The number of hydrogen-bond acceptors (Lipinski definition) is 4. The minimum atomic E-state index is 0.695. The highest BCUT2D eigenvalue weighted by molar-refractivity contribution is 5.72. The van der Waals surface area contributed by atoms with Crippen LogP contribution in [0.2, 0.25) is 0 Å². The first-order valence-electron chi connectivity index (χ1n) is 5.66. The Hall–Kier alpha value is -2.23. The zero-order valence-electron chi connectivity index (χ0n) is 10.7. The van der Waals surface area contributed by atoms with E-state index in [0.29, 0.717) is 11.5 Å². The van der Waals surface area contributed by atoms with Crippen LogP contribution in [-0.4, -0.2) is 26.3 Å². The number of para-hydroxylation sites is 1. The average molecular weight is 244 g/mol. The van der Waals surface area contributed by atoms with Gasteiger partial charge in [-0.1, -0.05) is 12.1 Å². The van der Waals surface area contributed by atoms with Gasteiger partial charge in [0.2, 0.25) is 0 Å². The number of nitrogens with zero attached hydrogens (tertiary/aromatic N) is 1. The van der Waals surface area contributed by atoms with Gasteiger partial charge in [-0.2, -0.15) is 0 Å². The first-order chi connectivity index (χ1) is 8.80. The summed E-state index contributed by atoms with van der Waals surface area (Å²) in [5.41, 5.74) is 1.76. The molecule has 0 fully saturated rings. The van der Waals surface area contributed by atoms with E-state index in [-0.39, 0.29) is 0 Å². The van der Waals surface area contributed by atoms with Gasteiger partial charge in [-0.15, -0.1) is 0 Å². The quantitative estimate of drug-likeness (QED) is 0.898. The fourth-order valence-corrected chi connectivity index (χ4v) is 1.81. The summed E-state index contributed by atoms with van der Waals surface area (Å²) in [6.45, 7) is 0. The Bertz CT molecular complexity index is 541. The summed E-state index contributed by atoms with van der Waals surface area (Å²) in [6.07, 6.45) is 0. The van der Waals surface area contributed by atoms with E-state index in [9.17, 15) is 0 Å². The third kappa shape index (κ3) is 2.22. The summed E-state index contributed by atoms with van der Waals surface area (Å²) < 4.78 is 10.7. The van der Waals surface area contributed by atoms with Gasteiger partial charge in [0.05, 0.1) is 19.9 Å². The van der Waals surface area contributed by atoms with Gasteiger partial charge >= 0.3 is 0 Å². The molecule has 1 aromatic carbocycles. The number of aromatic nitrogens is 1. The Morgan fingerprint density at radius 2 is 1.78 bits per heavy atom. The summed E-state index contributed by atoms with van der Waals surface area (Å²) in [7, 11) is 5.09. The number of methoxy groups -OCH3 is 2. The Kier molecular flexibility index (Phi) is 3.67. The molecule has 0 unspecified atom stereocenters. The number of hydrogen-bond donors (Lipinski definition) is 1. The molecule has 1 N–H and O–H groups in total. The molecule has 0 saturated carbocycles. The second-order valence-electron chi connectivity index (χ2n) is 3.70. The maximum absolute atomic E-state index is 5.41. The van der Waals surface area contributed by atoms with E-state index in [4.69, 9.17) is 9.47 Å². The van der Waals surface area contributed by atoms with Gasteiger partial charge in [0.15, 0.2) is 11.5 Å². The summed E-state index contributed by atoms with van der Waals surface area (Å²) in [5.74, 6) is 2.21. The maximum Gasteiger partial charge on any atom is 0.170 e. The molecule has 94 valence electrons. The molecule has 0 radical (unpaired) electrons. The van der Waals surface area contributed by atoms with Crippen molar-refractivity contribution in [3.05, 3.63) is 36.4 Å². The number of pyridine rings is 1. The number of nitrogens with one attached hydrogen (secondary N) is 1. The predicted octanol–water partition coefficient (Wildman–Crippen LogP) is 2.81. The average Bonchev–Trinajstić information content (AvgIpc) is 2.46. The smallest absolute Gasteiger partial charge is 0.170 e. The van der Waals surface area contributed by atoms with Crippen molar-refractivity contribution >= 4 is 5.82 Å². The number of ether oxygens (including phenoxy) is 2. The minimum absolute atomic E-state index is 0.695. The molecule has 0 aliphatic rings. The highest BCUT2D eigenvalue weighted by Gasteiger charge is 2.12. The number of rotatable bonds is 4. The lowest BCUT2D eigenvalue weighted by atomic mass is 10.1. The summed E-state index contributed by atoms with van der Waals surface area (Å²) in [5, 5.41) is 3.02. The van der Waals surface area contributed by atoms with Crippen molar-refractivity contribution in [1.29, 1.82) is 0 Å². The maximum atomic E-state index is 5.41. The fraction of sp³-hybridized carbons (Fsp3) is 0.214. The summed E-state index contributed by atoms with van der Waals surface area (Å²) in [4.78, 5) is 4.50. The van der Waals surface area contributed by atoms with E-state index in [1.54, 1.807) is 14.2 Å². The Labute approximate surface area is 107 Å². The molecule has 0 aliphatic carbocycles. The van der Waals surface area contributed by atoms with Crippen LogP contribution < -0.4 is 14.8 Å². The van der Waals surface area contributed by atoms with Gasteiger partial charge in [0.1, 0.15) is 5.82 Å². The lowest BCUT2D eigenvalue weighted by Crippen LogP contribution is -1.96. The van der Waals surface area contributed by atoms with Gasteiger partial charge in [-0.25, -0.2) is 4.98 Å². The van der Waals surface area contributed by atoms with Crippen molar-refractivity contribution in [2.75, 3.05) is 26.6 Å². The second kappa shape index (κ2) is 5.40. The van der Waals surface area contributed by atoms with Crippen molar-refractivity contribution in [3.8, 4) is 22.8 Å². The molecule has 4 heteroatoms. The van der Waals surface area contributed by atoms with E-state index >= 15 is 0 Å². The fourth-order valence-electron chi connectivity index (χ4n) is 1.81. The highest BCUT2D eigenvalue weighted by atomic mass is 16.5. The second-order valence-corrected chi connectivity index (χ2v) is 3.70. The van der Waals surface area contributed by atoms with Crippen LogP contribution in [0.25, 0.3) is 11.3 Å². The number of benzene rings is 1. The molecule has 0 spiro atoms.